The number of amides is 1. The fraction of sp³-hybridized carbons (Fsp3) is 0.387. The third-order valence-electron chi connectivity index (χ3n) is 6.23. The van der Waals surface area contributed by atoms with Crippen molar-refractivity contribution < 1.29 is 19.1 Å². The Morgan fingerprint density at radius 2 is 1.74 bits per heavy atom. The molecule has 0 aliphatic heterocycles. The highest BCUT2D eigenvalue weighted by Crippen LogP contribution is 2.27. The number of nitrogens with zero attached hydrogens (tertiary/aromatic N) is 2. The van der Waals surface area contributed by atoms with Crippen LogP contribution < -0.4 is 10.1 Å². The molecule has 1 amide bonds. The van der Waals surface area contributed by atoms with Gasteiger partial charge in [-0.2, -0.15) is 5.10 Å². The highest BCUT2D eigenvalue weighted by atomic mass is 16.6. The number of nitrogens with one attached hydrogen (secondary N) is 1. The molecule has 38 heavy (non-hydrogen) atoms. The van der Waals surface area contributed by atoms with Crippen LogP contribution in [0.15, 0.2) is 61.2 Å². The summed E-state index contributed by atoms with van der Waals surface area (Å²) in [7, 11) is 1.77. The molecular weight excluding hydrogens is 478 g/mol. The fourth-order valence-electron chi connectivity index (χ4n) is 4.01. The first kappa shape index (κ1) is 28.7. The van der Waals surface area contributed by atoms with Gasteiger partial charge in [0.25, 0.3) is 5.91 Å². The summed E-state index contributed by atoms with van der Waals surface area (Å²) in [6, 6.07) is 15.7. The van der Waals surface area contributed by atoms with Crippen LogP contribution in [0.25, 0.3) is 11.3 Å². The topological polar surface area (TPSA) is 82.5 Å². The summed E-state index contributed by atoms with van der Waals surface area (Å²) in [6.07, 6.45) is 2.32. The molecule has 1 aromatic heterocycles. The Kier molecular flexibility index (Phi) is 8.82. The van der Waals surface area contributed by atoms with E-state index in [9.17, 15) is 9.59 Å². The van der Waals surface area contributed by atoms with Gasteiger partial charge in [-0.05, 0) is 61.4 Å². The first-order valence-electron chi connectivity index (χ1n) is 12.9. The zero-order valence-corrected chi connectivity index (χ0v) is 23.6. The Morgan fingerprint density at radius 1 is 1.05 bits per heavy atom. The average Bonchev–Trinajstić information content (AvgIpc) is 3.25. The second-order valence-corrected chi connectivity index (χ2v) is 10.8. The van der Waals surface area contributed by atoms with E-state index >= 15 is 0 Å². The molecule has 202 valence electrons. The van der Waals surface area contributed by atoms with Crippen LogP contribution in [0.4, 0.5) is 0 Å². The molecule has 0 aliphatic rings. The first-order valence-corrected chi connectivity index (χ1v) is 12.9. The van der Waals surface area contributed by atoms with Gasteiger partial charge in [-0.15, -0.1) is 6.58 Å². The van der Waals surface area contributed by atoms with E-state index in [4.69, 9.17) is 9.47 Å². The number of esters is 1. The highest BCUT2D eigenvalue weighted by molar-refractivity contribution is 5.93. The van der Waals surface area contributed by atoms with Crippen molar-refractivity contribution in [2.75, 3.05) is 6.61 Å². The van der Waals surface area contributed by atoms with E-state index in [1.807, 2.05) is 30.3 Å². The molecule has 0 fully saturated rings. The van der Waals surface area contributed by atoms with Crippen LogP contribution in [0.1, 0.15) is 68.7 Å². The van der Waals surface area contributed by atoms with Crippen molar-refractivity contribution in [1.29, 1.82) is 0 Å². The number of benzene rings is 2. The molecule has 7 heteroatoms. The molecule has 3 aromatic rings. The van der Waals surface area contributed by atoms with E-state index in [0.717, 1.165) is 22.4 Å². The summed E-state index contributed by atoms with van der Waals surface area (Å²) in [5, 5.41) is 7.53. The number of hydrogen-bond acceptors (Lipinski definition) is 5. The molecular formula is C31H39N3O4. The summed E-state index contributed by atoms with van der Waals surface area (Å²) in [4.78, 5) is 25.3. The lowest BCUT2D eigenvalue weighted by atomic mass is 9.86. The summed E-state index contributed by atoms with van der Waals surface area (Å²) < 4.78 is 12.7. The maximum Gasteiger partial charge on any atom is 0.349 e. The molecule has 0 bridgehead atoms. The predicted octanol–water partition coefficient (Wildman–Crippen LogP) is 5.76. The second kappa shape index (κ2) is 11.7. The summed E-state index contributed by atoms with van der Waals surface area (Å²) in [5.41, 5.74) is 4.13. The highest BCUT2D eigenvalue weighted by Gasteiger charge is 2.32. The number of aryl methyl sites for hydroxylation is 1. The van der Waals surface area contributed by atoms with E-state index in [2.05, 4.69) is 49.9 Å². The molecule has 0 aliphatic carbocycles. The lowest BCUT2D eigenvalue weighted by molar-refractivity contribution is -0.158. The van der Waals surface area contributed by atoms with Crippen molar-refractivity contribution in [3.63, 3.8) is 0 Å². The molecule has 0 saturated heterocycles. The maximum absolute atomic E-state index is 13.0. The molecule has 1 heterocycles. The fourth-order valence-corrected chi connectivity index (χ4v) is 4.01. The largest absolute Gasteiger partial charge is 0.476 e. The molecule has 1 N–H and O–H groups in total. The minimum atomic E-state index is -1.13. The lowest BCUT2D eigenvalue weighted by Crippen LogP contribution is -2.40. The van der Waals surface area contributed by atoms with Gasteiger partial charge in [-0.3, -0.25) is 9.48 Å². The normalized spacial score (nSPS) is 11.7. The van der Waals surface area contributed by atoms with Crippen LogP contribution in [0, 0.1) is 0 Å². The number of carbonyl (C=O) groups excluding carboxylic acids is 2. The second-order valence-electron chi connectivity index (χ2n) is 10.8. The third kappa shape index (κ3) is 6.91. The summed E-state index contributed by atoms with van der Waals surface area (Å²) >= 11 is 0. The number of aromatic nitrogens is 2. The number of carbonyl (C=O) groups is 2. The SMILES string of the molecule is C=CCc1cc(CNC(=O)c2cc(-c3ccc(C(C)(C)C)cc3)nn2C)ccc1OC(C)(C)C(=O)OCC. The van der Waals surface area contributed by atoms with Crippen molar-refractivity contribution in [2.24, 2.45) is 7.05 Å². The Balaban J connectivity index is 1.72. The Hall–Kier alpha value is -3.87. The van der Waals surface area contributed by atoms with E-state index in [1.54, 1.807) is 44.6 Å². The smallest absolute Gasteiger partial charge is 0.349 e. The van der Waals surface area contributed by atoms with Crippen LogP contribution in [-0.4, -0.2) is 33.9 Å². The van der Waals surface area contributed by atoms with Gasteiger partial charge in [0.2, 0.25) is 0 Å². The van der Waals surface area contributed by atoms with E-state index in [0.29, 0.717) is 24.4 Å². The van der Waals surface area contributed by atoms with Crippen molar-refractivity contribution in [1.82, 2.24) is 15.1 Å². The standard InChI is InChI=1S/C31H39N3O4/c1-9-11-23-18-21(12-17-27(23)38-31(6,7)29(36)37-10-2)20-32-28(35)26-19-25(33-34(26)8)22-13-15-24(16-14-22)30(3,4)5/h9,12-19H,1,10-11,20H2,2-8H3,(H,32,35). The average molecular weight is 518 g/mol. The third-order valence-corrected chi connectivity index (χ3v) is 6.23. The van der Waals surface area contributed by atoms with Crippen molar-refractivity contribution in [2.45, 2.75) is 65.5 Å². The minimum Gasteiger partial charge on any atom is -0.476 e. The minimum absolute atomic E-state index is 0.0701. The lowest BCUT2D eigenvalue weighted by Gasteiger charge is -2.25. The molecule has 2 aromatic carbocycles. The monoisotopic (exact) mass is 517 g/mol. The molecule has 0 unspecified atom stereocenters. The van der Waals surface area contributed by atoms with Gasteiger partial charge in [-0.1, -0.05) is 63.2 Å². The van der Waals surface area contributed by atoms with Crippen LogP contribution in [-0.2, 0) is 35.0 Å². The van der Waals surface area contributed by atoms with Gasteiger partial charge in [0.15, 0.2) is 5.60 Å². The van der Waals surface area contributed by atoms with E-state index < -0.39 is 11.6 Å². The number of hydrogen-bond donors (Lipinski definition) is 1. The van der Waals surface area contributed by atoms with Crippen molar-refractivity contribution >= 4 is 11.9 Å². The van der Waals surface area contributed by atoms with Gasteiger partial charge in [0, 0.05) is 19.2 Å². The van der Waals surface area contributed by atoms with Crippen LogP contribution in [0.5, 0.6) is 5.75 Å². The van der Waals surface area contributed by atoms with Gasteiger partial charge in [0.05, 0.1) is 12.3 Å². The Morgan fingerprint density at radius 3 is 2.34 bits per heavy atom. The van der Waals surface area contributed by atoms with Gasteiger partial charge in [-0.25, -0.2) is 4.79 Å². The zero-order chi connectivity index (χ0) is 28.1. The van der Waals surface area contributed by atoms with Crippen molar-refractivity contribution in [3.8, 4) is 17.0 Å². The predicted molar refractivity (Wildman–Crippen MR) is 150 cm³/mol. The summed E-state index contributed by atoms with van der Waals surface area (Å²) in [5.74, 6) is -0.0695. The molecule has 7 nitrogen and oxygen atoms in total. The van der Waals surface area contributed by atoms with Crippen LogP contribution >= 0.6 is 0 Å². The molecule has 0 radical (unpaired) electrons. The molecule has 3 rings (SSSR count). The van der Waals surface area contributed by atoms with Crippen molar-refractivity contribution in [3.05, 3.63) is 83.6 Å². The number of allylic oxidation sites excluding steroid dienone is 1. The molecule has 0 saturated carbocycles. The van der Waals surface area contributed by atoms with Crippen LogP contribution in [0.2, 0.25) is 0 Å². The number of ether oxygens (including phenoxy) is 2. The number of rotatable bonds is 10. The Labute approximate surface area is 225 Å². The van der Waals surface area contributed by atoms with Gasteiger partial charge < -0.3 is 14.8 Å². The van der Waals surface area contributed by atoms with E-state index in [-0.39, 0.29) is 17.9 Å². The Bertz CT molecular complexity index is 1300. The van der Waals surface area contributed by atoms with Gasteiger partial charge >= 0.3 is 5.97 Å². The summed E-state index contributed by atoms with van der Waals surface area (Å²) in [6.45, 7) is 16.1. The maximum atomic E-state index is 13.0. The quantitative estimate of drug-likeness (QED) is 0.273. The van der Waals surface area contributed by atoms with E-state index in [1.165, 1.54) is 5.56 Å². The van der Waals surface area contributed by atoms with Crippen LogP contribution in [0.3, 0.4) is 0 Å². The molecule has 0 atom stereocenters. The van der Waals surface area contributed by atoms with Gasteiger partial charge in [0.1, 0.15) is 11.4 Å². The zero-order valence-electron chi connectivity index (χ0n) is 23.6. The molecule has 0 spiro atoms. The first-order chi connectivity index (χ1) is 17.9.